The Morgan fingerprint density at radius 3 is 2.65 bits per heavy atom. The molecule has 3 heteroatoms. The Labute approximate surface area is 121 Å². The van der Waals surface area contributed by atoms with Gasteiger partial charge in [0.25, 0.3) is 0 Å². The van der Waals surface area contributed by atoms with E-state index >= 15 is 0 Å². The van der Waals surface area contributed by atoms with Gasteiger partial charge in [-0.25, -0.2) is 4.79 Å². The minimum atomic E-state index is -0.263. The number of benzene rings is 1. The molecule has 2 rings (SSSR count). The predicted molar refractivity (Wildman–Crippen MR) is 80.7 cm³/mol. The van der Waals surface area contributed by atoms with Crippen molar-refractivity contribution < 1.29 is 9.53 Å². The highest BCUT2D eigenvalue weighted by atomic mass is 16.5. The molecule has 0 aliphatic heterocycles. The van der Waals surface area contributed by atoms with Crippen LogP contribution in [0.15, 0.2) is 24.3 Å². The van der Waals surface area contributed by atoms with Gasteiger partial charge in [-0.15, -0.1) is 0 Å². The fraction of sp³-hybridized carbons (Fsp3) is 0.588. The second-order valence-corrected chi connectivity index (χ2v) is 6.02. The summed E-state index contributed by atoms with van der Waals surface area (Å²) in [5, 5.41) is 0. The molecule has 0 spiro atoms. The molecule has 1 aromatic rings. The van der Waals surface area contributed by atoms with E-state index in [1.165, 1.54) is 38.4 Å². The molecular formula is C17H25NO2. The molecule has 1 aromatic carbocycles. The Morgan fingerprint density at radius 1 is 1.30 bits per heavy atom. The van der Waals surface area contributed by atoms with Gasteiger partial charge < -0.3 is 4.74 Å². The molecule has 0 amide bonds. The fourth-order valence-corrected chi connectivity index (χ4v) is 3.01. The van der Waals surface area contributed by atoms with Crippen LogP contribution < -0.4 is 0 Å². The lowest BCUT2D eigenvalue weighted by molar-refractivity contribution is 0.0600. The van der Waals surface area contributed by atoms with Gasteiger partial charge in [-0.05, 0) is 56.3 Å². The molecule has 110 valence electrons. The number of methoxy groups -OCH3 is 1. The first kappa shape index (κ1) is 15.0. The van der Waals surface area contributed by atoms with Crippen molar-refractivity contribution in [3.63, 3.8) is 0 Å². The van der Waals surface area contributed by atoms with E-state index in [1.807, 2.05) is 12.1 Å². The Hall–Kier alpha value is -1.35. The van der Waals surface area contributed by atoms with Crippen molar-refractivity contribution in [1.82, 2.24) is 4.90 Å². The Balaban J connectivity index is 1.97. The molecule has 1 aliphatic rings. The molecule has 0 unspecified atom stereocenters. The standard InChI is InChI=1S/C17H25NO2/c1-13-7-9-16(10-8-13)18(2)12-14-5-4-6-15(11-14)17(19)20-3/h4-6,11,13,16H,7-10,12H2,1-3H3. The molecular weight excluding hydrogens is 250 g/mol. The lowest BCUT2D eigenvalue weighted by Gasteiger charge is -2.33. The number of carbonyl (C=O) groups excluding carboxylic acids is 1. The van der Waals surface area contributed by atoms with Crippen molar-refractivity contribution in [3.05, 3.63) is 35.4 Å². The van der Waals surface area contributed by atoms with Crippen LogP contribution >= 0.6 is 0 Å². The average molecular weight is 275 g/mol. The van der Waals surface area contributed by atoms with Crippen LogP contribution in [-0.2, 0) is 11.3 Å². The summed E-state index contributed by atoms with van der Waals surface area (Å²) >= 11 is 0. The lowest BCUT2D eigenvalue weighted by Crippen LogP contribution is -2.34. The molecule has 1 saturated carbocycles. The van der Waals surface area contributed by atoms with Crippen molar-refractivity contribution in [2.45, 2.75) is 45.2 Å². The monoisotopic (exact) mass is 275 g/mol. The highest BCUT2D eigenvalue weighted by molar-refractivity contribution is 5.89. The summed E-state index contributed by atoms with van der Waals surface area (Å²) in [7, 11) is 3.61. The third-order valence-corrected chi connectivity index (χ3v) is 4.39. The zero-order valence-corrected chi connectivity index (χ0v) is 12.8. The maximum Gasteiger partial charge on any atom is 0.337 e. The zero-order chi connectivity index (χ0) is 14.5. The minimum Gasteiger partial charge on any atom is -0.465 e. The van der Waals surface area contributed by atoms with Crippen molar-refractivity contribution in [3.8, 4) is 0 Å². The molecule has 3 nitrogen and oxygen atoms in total. The smallest absolute Gasteiger partial charge is 0.337 e. The second-order valence-electron chi connectivity index (χ2n) is 6.02. The molecule has 1 aliphatic carbocycles. The third-order valence-electron chi connectivity index (χ3n) is 4.39. The summed E-state index contributed by atoms with van der Waals surface area (Å²) in [6, 6.07) is 8.42. The first-order valence-electron chi connectivity index (χ1n) is 7.47. The van der Waals surface area contributed by atoms with Gasteiger partial charge in [0.05, 0.1) is 12.7 Å². The van der Waals surface area contributed by atoms with E-state index in [4.69, 9.17) is 4.74 Å². The normalized spacial score (nSPS) is 22.8. The van der Waals surface area contributed by atoms with Crippen LogP contribution in [0.25, 0.3) is 0 Å². The Bertz CT molecular complexity index is 450. The topological polar surface area (TPSA) is 29.5 Å². The molecule has 0 heterocycles. The quantitative estimate of drug-likeness (QED) is 0.788. The van der Waals surface area contributed by atoms with E-state index in [9.17, 15) is 4.79 Å². The van der Waals surface area contributed by atoms with Gasteiger partial charge >= 0.3 is 5.97 Å². The van der Waals surface area contributed by atoms with Crippen LogP contribution in [0.3, 0.4) is 0 Å². The Kier molecular flexibility index (Phi) is 5.18. The van der Waals surface area contributed by atoms with Crippen molar-refractivity contribution in [1.29, 1.82) is 0 Å². The highest BCUT2D eigenvalue weighted by Crippen LogP contribution is 2.27. The minimum absolute atomic E-state index is 0.263. The third kappa shape index (κ3) is 3.83. The summed E-state index contributed by atoms with van der Waals surface area (Å²) in [5.74, 6) is 0.614. The van der Waals surface area contributed by atoms with E-state index in [1.54, 1.807) is 6.07 Å². The van der Waals surface area contributed by atoms with E-state index in [2.05, 4.69) is 24.9 Å². The average Bonchev–Trinajstić information content (AvgIpc) is 2.47. The Morgan fingerprint density at radius 2 is 2.00 bits per heavy atom. The van der Waals surface area contributed by atoms with E-state index in [0.29, 0.717) is 11.6 Å². The predicted octanol–water partition coefficient (Wildman–Crippen LogP) is 3.48. The van der Waals surface area contributed by atoms with Gasteiger partial charge in [-0.2, -0.15) is 0 Å². The summed E-state index contributed by atoms with van der Waals surface area (Å²) in [5.41, 5.74) is 1.81. The van der Waals surface area contributed by atoms with Gasteiger partial charge in [-0.1, -0.05) is 19.1 Å². The second kappa shape index (κ2) is 6.89. The molecule has 0 atom stereocenters. The molecule has 0 radical (unpaired) electrons. The van der Waals surface area contributed by atoms with Crippen molar-refractivity contribution >= 4 is 5.97 Å². The molecule has 0 N–H and O–H groups in total. The first-order valence-corrected chi connectivity index (χ1v) is 7.47. The summed E-state index contributed by atoms with van der Waals surface area (Å²) in [6.45, 7) is 3.24. The number of nitrogens with zero attached hydrogens (tertiary/aromatic N) is 1. The van der Waals surface area contributed by atoms with Gasteiger partial charge in [0, 0.05) is 12.6 Å². The maximum atomic E-state index is 11.6. The molecule has 0 bridgehead atoms. The molecule has 0 aromatic heterocycles. The van der Waals surface area contributed by atoms with Crippen LogP contribution in [0.4, 0.5) is 0 Å². The number of rotatable bonds is 4. The van der Waals surface area contributed by atoms with Crippen molar-refractivity contribution in [2.75, 3.05) is 14.2 Å². The number of esters is 1. The van der Waals surface area contributed by atoms with Gasteiger partial charge in [0.15, 0.2) is 0 Å². The van der Waals surface area contributed by atoms with Gasteiger partial charge in [-0.3, -0.25) is 4.90 Å². The number of ether oxygens (including phenoxy) is 1. The van der Waals surface area contributed by atoms with E-state index < -0.39 is 0 Å². The van der Waals surface area contributed by atoms with E-state index in [0.717, 1.165) is 12.5 Å². The fourth-order valence-electron chi connectivity index (χ4n) is 3.01. The van der Waals surface area contributed by atoms with Crippen LogP contribution in [0, 0.1) is 5.92 Å². The lowest BCUT2D eigenvalue weighted by atomic mass is 9.86. The molecule has 1 fully saturated rings. The van der Waals surface area contributed by atoms with Crippen LogP contribution in [0.5, 0.6) is 0 Å². The number of hydrogen-bond donors (Lipinski definition) is 0. The molecule has 0 saturated heterocycles. The first-order chi connectivity index (χ1) is 9.60. The summed E-state index contributed by atoms with van der Waals surface area (Å²) in [6.07, 6.45) is 5.23. The molecule has 20 heavy (non-hydrogen) atoms. The number of carbonyl (C=O) groups is 1. The zero-order valence-electron chi connectivity index (χ0n) is 12.8. The largest absolute Gasteiger partial charge is 0.465 e. The van der Waals surface area contributed by atoms with Crippen LogP contribution in [0.2, 0.25) is 0 Å². The van der Waals surface area contributed by atoms with Crippen molar-refractivity contribution in [2.24, 2.45) is 5.92 Å². The number of hydrogen-bond acceptors (Lipinski definition) is 3. The van der Waals surface area contributed by atoms with Crippen LogP contribution in [-0.4, -0.2) is 31.1 Å². The maximum absolute atomic E-state index is 11.6. The van der Waals surface area contributed by atoms with Crippen LogP contribution in [0.1, 0.15) is 48.5 Å². The van der Waals surface area contributed by atoms with E-state index in [-0.39, 0.29) is 5.97 Å². The SMILES string of the molecule is COC(=O)c1cccc(CN(C)C2CCC(C)CC2)c1. The summed E-state index contributed by atoms with van der Waals surface area (Å²) in [4.78, 5) is 14.0. The van der Waals surface area contributed by atoms with Gasteiger partial charge in [0.2, 0.25) is 0 Å². The summed E-state index contributed by atoms with van der Waals surface area (Å²) < 4.78 is 4.77. The van der Waals surface area contributed by atoms with Gasteiger partial charge in [0.1, 0.15) is 0 Å². The highest BCUT2D eigenvalue weighted by Gasteiger charge is 2.21.